The maximum absolute atomic E-state index is 14.7. The van der Waals surface area contributed by atoms with Crippen molar-refractivity contribution in [1.29, 1.82) is 0 Å². The molecule has 1 N–H and O–H groups in total. The van der Waals surface area contributed by atoms with Crippen LogP contribution < -0.4 is 10.2 Å². The minimum Gasteiger partial charge on any atom is -0.445 e. The Morgan fingerprint density at radius 1 is 1.00 bits per heavy atom. The molecule has 1 aliphatic heterocycles. The number of anilines is 1. The number of amides is 2. The van der Waals surface area contributed by atoms with Crippen molar-refractivity contribution in [3.05, 3.63) is 65.5 Å². The van der Waals surface area contributed by atoms with Gasteiger partial charge in [-0.1, -0.05) is 36.4 Å². The van der Waals surface area contributed by atoms with Gasteiger partial charge in [-0.2, -0.15) is 0 Å². The number of ether oxygens (including phenoxy) is 2. The van der Waals surface area contributed by atoms with Crippen LogP contribution in [0.3, 0.4) is 0 Å². The molecule has 0 atom stereocenters. The molecule has 7 nitrogen and oxygen atoms in total. The van der Waals surface area contributed by atoms with E-state index in [1.54, 1.807) is 31.7 Å². The number of carbonyl (C=O) groups is 2. The van der Waals surface area contributed by atoms with Crippen LogP contribution in [0, 0.1) is 5.82 Å². The van der Waals surface area contributed by atoms with Gasteiger partial charge in [0.2, 0.25) is 0 Å². The van der Waals surface area contributed by atoms with E-state index in [1.807, 2.05) is 41.3 Å². The molecule has 3 rings (SSSR count). The summed E-state index contributed by atoms with van der Waals surface area (Å²) in [5.41, 5.74) is 1.68. The average Bonchev–Trinajstić information content (AvgIpc) is 2.77. The van der Waals surface area contributed by atoms with Crippen molar-refractivity contribution in [2.45, 2.75) is 39.4 Å². The van der Waals surface area contributed by atoms with Crippen LogP contribution in [0.2, 0.25) is 0 Å². The summed E-state index contributed by atoms with van der Waals surface area (Å²) >= 11 is 0. The second kappa shape index (κ2) is 11.0. The van der Waals surface area contributed by atoms with E-state index >= 15 is 0 Å². The van der Waals surface area contributed by atoms with E-state index < -0.39 is 11.7 Å². The molecule has 0 saturated carbocycles. The number of alkyl carbamates (subject to hydrolysis) is 1. The molecular formula is C25H32FN3O4. The van der Waals surface area contributed by atoms with Crippen molar-refractivity contribution in [2.75, 3.05) is 37.6 Å². The van der Waals surface area contributed by atoms with E-state index in [0.29, 0.717) is 44.8 Å². The molecule has 178 valence electrons. The molecule has 1 fully saturated rings. The molecule has 1 saturated heterocycles. The molecule has 1 heterocycles. The van der Waals surface area contributed by atoms with Crippen LogP contribution in [0.15, 0.2) is 48.5 Å². The molecule has 0 aromatic heterocycles. The quantitative estimate of drug-likeness (QED) is 0.698. The van der Waals surface area contributed by atoms with E-state index in [4.69, 9.17) is 9.47 Å². The normalized spacial score (nSPS) is 14.1. The number of rotatable bonds is 6. The first kappa shape index (κ1) is 24.4. The molecule has 0 aliphatic carbocycles. The van der Waals surface area contributed by atoms with Gasteiger partial charge in [0.15, 0.2) is 0 Å². The van der Waals surface area contributed by atoms with E-state index in [1.165, 1.54) is 6.07 Å². The second-order valence-corrected chi connectivity index (χ2v) is 8.98. The molecule has 0 radical (unpaired) electrons. The van der Waals surface area contributed by atoms with Gasteiger partial charge in [0.05, 0.1) is 5.69 Å². The number of nitrogens with zero attached hydrogens (tertiary/aromatic N) is 2. The number of halogens is 1. The first-order valence-corrected chi connectivity index (χ1v) is 11.2. The Labute approximate surface area is 194 Å². The number of piperazine rings is 1. The number of hydrogen-bond acceptors (Lipinski definition) is 5. The first-order chi connectivity index (χ1) is 15.7. The van der Waals surface area contributed by atoms with E-state index in [9.17, 15) is 14.0 Å². The van der Waals surface area contributed by atoms with Crippen LogP contribution in [0.1, 0.15) is 31.9 Å². The summed E-state index contributed by atoms with van der Waals surface area (Å²) in [5.74, 6) is -0.315. The van der Waals surface area contributed by atoms with Gasteiger partial charge < -0.3 is 24.6 Å². The third kappa shape index (κ3) is 7.66. The maximum Gasteiger partial charge on any atom is 0.410 e. The highest BCUT2D eigenvalue weighted by molar-refractivity contribution is 5.68. The zero-order valence-electron chi connectivity index (χ0n) is 19.5. The number of nitrogens with one attached hydrogen (secondary N) is 1. The monoisotopic (exact) mass is 457 g/mol. The Hall–Kier alpha value is -3.29. The predicted molar refractivity (Wildman–Crippen MR) is 125 cm³/mol. The fourth-order valence-corrected chi connectivity index (χ4v) is 3.53. The molecule has 0 unspecified atom stereocenters. The minimum absolute atomic E-state index is 0.235. The van der Waals surface area contributed by atoms with Gasteiger partial charge in [0, 0.05) is 32.7 Å². The van der Waals surface area contributed by atoms with Crippen molar-refractivity contribution in [3.63, 3.8) is 0 Å². The summed E-state index contributed by atoms with van der Waals surface area (Å²) in [7, 11) is 0. The summed E-state index contributed by atoms with van der Waals surface area (Å²) in [5, 5.41) is 2.68. The fraction of sp³-hybridized carbons (Fsp3) is 0.440. The molecule has 33 heavy (non-hydrogen) atoms. The molecule has 0 bridgehead atoms. The zero-order valence-corrected chi connectivity index (χ0v) is 19.5. The van der Waals surface area contributed by atoms with Gasteiger partial charge in [0.25, 0.3) is 0 Å². The molecule has 1 aliphatic rings. The van der Waals surface area contributed by atoms with Gasteiger partial charge in [-0.15, -0.1) is 0 Å². The SMILES string of the molecule is CC(C)(C)OC(=O)NCCc1ccc(N2CCN(C(=O)OCc3ccccc3)CC2)c(F)c1. The van der Waals surface area contributed by atoms with Crippen LogP contribution in [0.4, 0.5) is 19.7 Å². The second-order valence-electron chi connectivity index (χ2n) is 8.98. The van der Waals surface area contributed by atoms with Crippen LogP contribution in [0.25, 0.3) is 0 Å². The van der Waals surface area contributed by atoms with Crippen molar-refractivity contribution in [1.82, 2.24) is 10.2 Å². The van der Waals surface area contributed by atoms with Crippen LogP contribution in [0.5, 0.6) is 0 Å². The van der Waals surface area contributed by atoms with Crippen LogP contribution in [-0.2, 0) is 22.5 Å². The van der Waals surface area contributed by atoms with Gasteiger partial charge in [-0.05, 0) is 50.5 Å². The highest BCUT2D eigenvalue weighted by Crippen LogP contribution is 2.22. The summed E-state index contributed by atoms with van der Waals surface area (Å²) in [6, 6.07) is 14.6. The minimum atomic E-state index is -0.555. The molecule has 2 aromatic carbocycles. The Morgan fingerprint density at radius 3 is 2.33 bits per heavy atom. The van der Waals surface area contributed by atoms with Crippen LogP contribution >= 0.6 is 0 Å². The topological polar surface area (TPSA) is 71.1 Å². The van der Waals surface area contributed by atoms with Gasteiger partial charge in [-0.3, -0.25) is 0 Å². The van der Waals surface area contributed by atoms with E-state index in [0.717, 1.165) is 11.1 Å². The smallest absolute Gasteiger partial charge is 0.410 e. The Morgan fingerprint density at radius 2 is 1.70 bits per heavy atom. The lowest BCUT2D eigenvalue weighted by Gasteiger charge is -2.35. The first-order valence-electron chi connectivity index (χ1n) is 11.2. The van der Waals surface area contributed by atoms with E-state index in [2.05, 4.69) is 5.32 Å². The fourth-order valence-electron chi connectivity index (χ4n) is 3.53. The summed E-state index contributed by atoms with van der Waals surface area (Å²) in [6.45, 7) is 7.98. The summed E-state index contributed by atoms with van der Waals surface area (Å²) < 4.78 is 25.3. The lowest BCUT2D eigenvalue weighted by Crippen LogP contribution is -2.49. The summed E-state index contributed by atoms with van der Waals surface area (Å²) in [6.07, 6.45) is -0.344. The Balaban J connectivity index is 1.44. The van der Waals surface area contributed by atoms with Crippen LogP contribution in [-0.4, -0.2) is 55.4 Å². The molecule has 0 spiro atoms. The van der Waals surface area contributed by atoms with Crippen molar-refractivity contribution < 1.29 is 23.5 Å². The third-order valence-corrected chi connectivity index (χ3v) is 5.18. The van der Waals surface area contributed by atoms with E-state index in [-0.39, 0.29) is 18.5 Å². The van der Waals surface area contributed by atoms with Gasteiger partial charge in [0.1, 0.15) is 18.0 Å². The highest BCUT2D eigenvalue weighted by Gasteiger charge is 2.24. The largest absolute Gasteiger partial charge is 0.445 e. The zero-order chi connectivity index (χ0) is 23.8. The van der Waals surface area contributed by atoms with Crippen molar-refractivity contribution in [3.8, 4) is 0 Å². The third-order valence-electron chi connectivity index (χ3n) is 5.18. The number of hydrogen-bond donors (Lipinski definition) is 1. The lowest BCUT2D eigenvalue weighted by molar-refractivity contribution is 0.0528. The molecule has 2 aromatic rings. The summed E-state index contributed by atoms with van der Waals surface area (Å²) in [4.78, 5) is 27.6. The Bertz CT molecular complexity index is 938. The molecular weight excluding hydrogens is 425 g/mol. The standard InChI is InChI=1S/C25H32FN3O4/c1-25(2,3)33-23(30)27-12-11-19-9-10-22(21(26)17-19)28-13-15-29(16-14-28)24(31)32-18-20-7-5-4-6-8-20/h4-10,17H,11-16,18H2,1-3H3,(H,27,30). The van der Waals surface area contributed by atoms with Crippen molar-refractivity contribution in [2.24, 2.45) is 0 Å². The van der Waals surface area contributed by atoms with Crippen molar-refractivity contribution >= 4 is 17.9 Å². The molecule has 8 heteroatoms. The lowest BCUT2D eigenvalue weighted by atomic mass is 10.1. The Kier molecular flexibility index (Phi) is 8.14. The number of benzene rings is 2. The predicted octanol–water partition coefficient (Wildman–Crippen LogP) is 4.35. The maximum atomic E-state index is 14.7. The number of carbonyl (C=O) groups excluding carboxylic acids is 2. The van der Waals surface area contributed by atoms with Gasteiger partial charge in [-0.25, -0.2) is 14.0 Å². The average molecular weight is 458 g/mol. The highest BCUT2D eigenvalue weighted by atomic mass is 19.1. The van der Waals surface area contributed by atoms with Gasteiger partial charge >= 0.3 is 12.2 Å². The molecule has 2 amide bonds.